The number of rotatable bonds is 2. The molecule has 18 heavy (non-hydrogen) atoms. The van der Waals surface area contributed by atoms with Crippen LogP contribution in [0.4, 0.5) is 0 Å². The maximum Gasteiger partial charge on any atom is 0.206 e. The Morgan fingerprint density at radius 2 is 1.22 bits per heavy atom. The first-order chi connectivity index (χ1) is 8.75. The number of ketones is 2. The summed E-state index contributed by atoms with van der Waals surface area (Å²) in [5, 5.41) is 7.87. The Morgan fingerprint density at radius 3 is 1.56 bits per heavy atom. The largest absolute Gasteiger partial charge is 0.287 e. The van der Waals surface area contributed by atoms with Crippen LogP contribution in [0.1, 0.15) is 0 Å². The molecule has 1 aliphatic carbocycles. The molecule has 0 aromatic carbocycles. The summed E-state index contributed by atoms with van der Waals surface area (Å²) in [6.45, 7) is 0. The lowest BCUT2D eigenvalue weighted by Gasteiger charge is -2.11. The van der Waals surface area contributed by atoms with E-state index in [4.69, 9.17) is 0 Å². The summed E-state index contributed by atoms with van der Waals surface area (Å²) in [7, 11) is 0. The highest BCUT2D eigenvalue weighted by Crippen LogP contribution is 2.17. The molecule has 0 saturated heterocycles. The second-order valence-corrected chi connectivity index (χ2v) is 3.69. The number of carbonyl (C=O) groups excluding carboxylic acids is 2. The number of hydrogen-bond acceptors (Lipinski definition) is 4. The van der Waals surface area contributed by atoms with Crippen molar-refractivity contribution in [3.05, 3.63) is 49.1 Å². The maximum atomic E-state index is 11.9. The van der Waals surface area contributed by atoms with Crippen LogP contribution in [0.3, 0.4) is 0 Å². The SMILES string of the molecule is O=C1C=C(n2cccn2)C(=O)C=C1n1cccn1. The molecule has 1 aliphatic rings. The van der Waals surface area contributed by atoms with Gasteiger partial charge in [-0.15, -0.1) is 0 Å². The van der Waals surface area contributed by atoms with Crippen molar-refractivity contribution in [2.45, 2.75) is 0 Å². The molecule has 0 bridgehead atoms. The number of hydrogen-bond donors (Lipinski definition) is 0. The number of aromatic nitrogens is 4. The fraction of sp³-hybridized carbons (Fsp3) is 0. The van der Waals surface area contributed by atoms with E-state index in [1.807, 2.05) is 0 Å². The van der Waals surface area contributed by atoms with Crippen LogP contribution >= 0.6 is 0 Å². The molecule has 0 radical (unpaired) electrons. The van der Waals surface area contributed by atoms with Crippen LogP contribution in [0, 0.1) is 0 Å². The van der Waals surface area contributed by atoms with Crippen LogP contribution in [0.2, 0.25) is 0 Å². The topological polar surface area (TPSA) is 69.8 Å². The van der Waals surface area contributed by atoms with Gasteiger partial charge >= 0.3 is 0 Å². The molecule has 88 valence electrons. The molecule has 2 aromatic rings. The van der Waals surface area contributed by atoms with Gasteiger partial charge in [0.1, 0.15) is 11.4 Å². The molecule has 0 N–H and O–H groups in total. The van der Waals surface area contributed by atoms with E-state index in [1.54, 1.807) is 36.9 Å². The van der Waals surface area contributed by atoms with E-state index in [9.17, 15) is 9.59 Å². The van der Waals surface area contributed by atoms with Gasteiger partial charge in [0.05, 0.1) is 0 Å². The van der Waals surface area contributed by atoms with E-state index < -0.39 is 0 Å². The zero-order valence-electron chi connectivity index (χ0n) is 9.22. The summed E-state index contributed by atoms with van der Waals surface area (Å²) in [4.78, 5) is 23.9. The van der Waals surface area contributed by atoms with Crippen LogP contribution in [-0.2, 0) is 9.59 Å². The van der Waals surface area contributed by atoms with Gasteiger partial charge in [0.2, 0.25) is 11.6 Å². The first-order valence-electron chi connectivity index (χ1n) is 5.28. The highest BCUT2D eigenvalue weighted by Gasteiger charge is 2.23. The van der Waals surface area contributed by atoms with Crippen molar-refractivity contribution in [2.75, 3.05) is 0 Å². The minimum atomic E-state index is -0.274. The molecule has 0 spiro atoms. The van der Waals surface area contributed by atoms with E-state index in [0.29, 0.717) is 0 Å². The average Bonchev–Trinajstić information content (AvgIpc) is 3.02. The van der Waals surface area contributed by atoms with Crippen LogP contribution in [0.5, 0.6) is 0 Å². The molecule has 6 heteroatoms. The molecule has 0 amide bonds. The minimum Gasteiger partial charge on any atom is -0.287 e. The zero-order chi connectivity index (χ0) is 12.5. The third-order valence-electron chi connectivity index (χ3n) is 2.54. The lowest BCUT2D eigenvalue weighted by atomic mass is 10.1. The Morgan fingerprint density at radius 1 is 0.778 bits per heavy atom. The minimum absolute atomic E-state index is 0.237. The van der Waals surface area contributed by atoms with Gasteiger partial charge in [0.15, 0.2) is 0 Å². The van der Waals surface area contributed by atoms with Crippen molar-refractivity contribution in [1.82, 2.24) is 19.6 Å². The van der Waals surface area contributed by atoms with Gasteiger partial charge in [-0.3, -0.25) is 9.59 Å². The van der Waals surface area contributed by atoms with Gasteiger partial charge in [-0.2, -0.15) is 10.2 Å². The van der Waals surface area contributed by atoms with Gasteiger partial charge in [-0.25, -0.2) is 9.36 Å². The highest BCUT2D eigenvalue weighted by atomic mass is 16.1. The van der Waals surface area contributed by atoms with Crippen molar-refractivity contribution in [1.29, 1.82) is 0 Å². The molecule has 0 aliphatic heterocycles. The Balaban J connectivity index is 2.01. The fourth-order valence-corrected chi connectivity index (χ4v) is 1.72. The van der Waals surface area contributed by atoms with Crippen molar-refractivity contribution >= 4 is 23.0 Å². The lowest BCUT2D eigenvalue weighted by Crippen LogP contribution is -2.19. The molecule has 0 atom stereocenters. The summed E-state index contributed by atoms with van der Waals surface area (Å²) >= 11 is 0. The standard InChI is InChI=1S/C12H8N4O2/c17-11-8-10(16-6-2-4-14-16)12(18)7-9(11)15-5-1-3-13-15/h1-8H. The molecule has 2 heterocycles. The lowest BCUT2D eigenvalue weighted by molar-refractivity contribution is -0.113. The molecule has 2 aromatic heterocycles. The van der Waals surface area contributed by atoms with E-state index in [-0.39, 0.29) is 23.0 Å². The quantitative estimate of drug-likeness (QED) is 0.721. The molecular weight excluding hydrogens is 232 g/mol. The van der Waals surface area contributed by atoms with Crippen molar-refractivity contribution in [3.8, 4) is 0 Å². The predicted octanol–water partition coefficient (Wildman–Crippen LogP) is 0.613. The molecule has 0 fully saturated rings. The smallest absolute Gasteiger partial charge is 0.206 e. The molecule has 3 rings (SSSR count). The van der Waals surface area contributed by atoms with Gasteiger partial charge in [-0.05, 0) is 12.1 Å². The van der Waals surface area contributed by atoms with Gasteiger partial charge < -0.3 is 0 Å². The number of carbonyl (C=O) groups is 2. The van der Waals surface area contributed by atoms with E-state index >= 15 is 0 Å². The summed E-state index contributed by atoms with van der Waals surface area (Å²) in [5.74, 6) is -0.549. The normalized spacial score (nSPS) is 15.6. The maximum absolute atomic E-state index is 11.9. The third kappa shape index (κ3) is 1.60. The van der Waals surface area contributed by atoms with Crippen molar-refractivity contribution in [3.63, 3.8) is 0 Å². The first-order valence-corrected chi connectivity index (χ1v) is 5.28. The van der Waals surface area contributed by atoms with Crippen LogP contribution in [-0.4, -0.2) is 31.1 Å². The van der Waals surface area contributed by atoms with Gasteiger partial charge in [0, 0.05) is 36.9 Å². The van der Waals surface area contributed by atoms with Gasteiger partial charge in [-0.1, -0.05) is 0 Å². The van der Waals surface area contributed by atoms with Crippen molar-refractivity contribution in [2.24, 2.45) is 0 Å². The molecule has 0 unspecified atom stereocenters. The summed E-state index contributed by atoms with van der Waals surface area (Å²) in [5.41, 5.74) is 0.474. The number of allylic oxidation sites excluding steroid dienone is 4. The molecule has 0 saturated carbocycles. The molecular formula is C12H8N4O2. The Hall–Kier alpha value is -2.76. The van der Waals surface area contributed by atoms with E-state index in [0.717, 1.165) is 0 Å². The van der Waals surface area contributed by atoms with Crippen LogP contribution in [0.25, 0.3) is 11.4 Å². The summed E-state index contributed by atoms with van der Waals surface area (Å²) < 4.78 is 2.74. The van der Waals surface area contributed by atoms with Gasteiger partial charge in [0.25, 0.3) is 0 Å². The monoisotopic (exact) mass is 240 g/mol. The number of nitrogens with zero attached hydrogens (tertiary/aromatic N) is 4. The zero-order valence-corrected chi connectivity index (χ0v) is 9.22. The van der Waals surface area contributed by atoms with Crippen molar-refractivity contribution < 1.29 is 9.59 Å². The van der Waals surface area contributed by atoms with Crippen LogP contribution < -0.4 is 0 Å². The van der Waals surface area contributed by atoms with Crippen LogP contribution in [0.15, 0.2) is 49.1 Å². The summed E-state index contributed by atoms with van der Waals surface area (Å²) in [6, 6.07) is 3.37. The second-order valence-electron chi connectivity index (χ2n) is 3.69. The molecule has 6 nitrogen and oxygen atoms in total. The van der Waals surface area contributed by atoms with E-state index in [2.05, 4.69) is 10.2 Å². The highest BCUT2D eigenvalue weighted by molar-refractivity contribution is 6.39. The Kier molecular flexibility index (Phi) is 2.26. The summed E-state index contributed by atoms with van der Waals surface area (Å²) in [6.07, 6.45) is 8.86. The predicted molar refractivity (Wildman–Crippen MR) is 63.0 cm³/mol. The Labute approximate surface area is 102 Å². The van der Waals surface area contributed by atoms with E-state index in [1.165, 1.54) is 21.5 Å². The first kappa shape index (κ1) is 10.4. The fourth-order valence-electron chi connectivity index (χ4n) is 1.72. The average molecular weight is 240 g/mol. The Bertz CT molecular complexity index is 603. The third-order valence-corrected chi connectivity index (χ3v) is 2.54. The second kappa shape index (κ2) is 3.92.